The molecule has 0 atom stereocenters. The molecule has 0 radical (unpaired) electrons. The van der Waals surface area contributed by atoms with Crippen LogP contribution in [0.5, 0.6) is 0 Å². The van der Waals surface area contributed by atoms with Crippen molar-refractivity contribution in [1.29, 1.82) is 0 Å². The lowest BCUT2D eigenvalue weighted by Gasteiger charge is -2.03. The van der Waals surface area contributed by atoms with Crippen LogP contribution >= 0.6 is 11.6 Å². The van der Waals surface area contributed by atoms with Gasteiger partial charge in [-0.3, -0.25) is 4.79 Å². The van der Waals surface area contributed by atoms with Crippen molar-refractivity contribution in [2.75, 3.05) is 0 Å². The summed E-state index contributed by atoms with van der Waals surface area (Å²) in [6, 6.07) is 2.67. The van der Waals surface area contributed by atoms with Gasteiger partial charge in [0, 0.05) is 11.4 Å². The molecule has 1 aromatic rings. The molecule has 0 amide bonds. The molecule has 0 unspecified atom stereocenters. The largest absolute Gasteiger partial charge is 0.294 e. The van der Waals surface area contributed by atoms with E-state index in [0.29, 0.717) is 11.4 Å². The average molecular weight is 201 g/mol. The molecule has 0 aliphatic heterocycles. The van der Waals surface area contributed by atoms with Gasteiger partial charge in [0.2, 0.25) is 0 Å². The maximum Gasteiger partial charge on any atom is 0.165 e. The highest BCUT2D eigenvalue weighted by Crippen LogP contribution is 2.20. The minimum atomic E-state index is -0.539. The number of ketones is 1. The fraction of sp³-hybridized carbons (Fsp3) is 0.300. The van der Waals surface area contributed by atoms with Crippen LogP contribution in [0.1, 0.15) is 29.3 Å². The third kappa shape index (κ3) is 2.07. The number of hydrogen-bond donors (Lipinski definition) is 0. The van der Waals surface area contributed by atoms with E-state index in [4.69, 9.17) is 11.6 Å². The highest BCUT2D eigenvalue weighted by Gasteiger charge is 2.11. The Balaban J connectivity index is 3.23. The topological polar surface area (TPSA) is 17.1 Å². The zero-order valence-corrected chi connectivity index (χ0v) is 8.28. The molecular weight excluding hydrogens is 191 g/mol. The summed E-state index contributed by atoms with van der Waals surface area (Å²) in [5, 5.41) is 0.352. The van der Waals surface area contributed by atoms with E-state index in [-0.39, 0.29) is 11.3 Å². The molecule has 13 heavy (non-hydrogen) atoms. The summed E-state index contributed by atoms with van der Waals surface area (Å²) in [4.78, 5) is 11.2. The lowest BCUT2D eigenvalue weighted by Crippen LogP contribution is -2.01. The normalized spacial score (nSPS) is 10.2. The number of carbonyl (C=O) groups is 1. The molecule has 0 aliphatic rings. The first-order valence-electron chi connectivity index (χ1n) is 4.05. The minimum Gasteiger partial charge on any atom is -0.294 e. The second-order valence-corrected chi connectivity index (χ2v) is 3.27. The standard InChI is InChI=1S/C10H10ClFO/c1-3-10(13)7-4-6(2)8(11)5-9(7)12/h4-5H,3H2,1-2H3. The molecule has 0 spiro atoms. The van der Waals surface area contributed by atoms with Crippen molar-refractivity contribution in [3.05, 3.63) is 34.1 Å². The van der Waals surface area contributed by atoms with Gasteiger partial charge in [-0.05, 0) is 24.6 Å². The van der Waals surface area contributed by atoms with Crippen LogP contribution in [-0.4, -0.2) is 5.78 Å². The predicted octanol–water partition coefficient (Wildman–Crippen LogP) is 3.38. The molecule has 1 nitrogen and oxygen atoms in total. The SMILES string of the molecule is CCC(=O)c1cc(C)c(Cl)cc1F. The first kappa shape index (κ1) is 10.2. The van der Waals surface area contributed by atoms with Crippen molar-refractivity contribution < 1.29 is 9.18 Å². The summed E-state index contributed by atoms with van der Waals surface area (Å²) >= 11 is 5.68. The van der Waals surface area contributed by atoms with Crippen molar-refractivity contribution in [1.82, 2.24) is 0 Å². The van der Waals surface area contributed by atoms with Crippen molar-refractivity contribution in [3.8, 4) is 0 Å². The van der Waals surface area contributed by atoms with Gasteiger partial charge in [0.1, 0.15) is 5.82 Å². The van der Waals surface area contributed by atoms with Crippen molar-refractivity contribution >= 4 is 17.4 Å². The Hall–Kier alpha value is -0.890. The summed E-state index contributed by atoms with van der Waals surface area (Å²) in [6.07, 6.45) is 0.304. The monoisotopic (exact) mass is 200 g/mol. The number of carbonyl (C=O) groups excluding carboxylic acids is 1. The van der Waals surface area contributed by atoms with Crippen LogP contribution < -0.4 is 0 Å². The Kier molecular flexibility index (Phi) is 3.04. The Labute approximate surface area is 81.5 Å². The molecule has 70 valence electrons. The first-order valence-corrected chi connectivity index (χ1v) is 4.43. The van der Waals surface area contributed by atoms with Gasteiger partial charge in [-0.15, -0.1) is 0 Å². The van der Waals surface area contributed by atoms with E-state index in [0.717, 1.165) is 5.56 Å². The van der Waals surface area contributed by atoms with Gasteiger partial charge < -0.3 is 0 Å². The summed E-state index contributed by atoms with van der Waals surface area (Å²) in [6.45, 7) is 3.44. The third-order valence-electron chi connectivity index (χ3n) is 1.87. The van der Waals surface area contributed by atoms with Crippen LogP contribution in [-0.2, 0) is 0 Å². The quantitative estimate of drug-likeness (QED) is 0.669. The predicted molar refractivity (Wildman–Crippen MR) is 50.8 cm³/mol. The van der Waals surface area contributed by atoms with E-state index in [2.05, 4.69) is 0 Å². The van der Waals surface area contributed by atoms with Crippen molar-refractivity contribution in [2.24, 2.45) is 0 Å². The van der Waals surface area contributed by atoms with Crippen LogP contribution in [0.3, 0.4) is 0 Å². The highest BCUT2D eigenvalue weighted by molar-refractivity contribution is 6.31. The van der Waals surface area contributed by atoms with E-state index < -0.39 is 5.82 Å². The summed E-state index contributed by atoms with van der Waals surface area (Å²) in [5.41, 5.74) is 0.851. The molecule has 0 saturated carbocycles. The van der Waals surface area contributed by atoms with Crippen LogP contribution in [0.15, 0.2) is 12.1 Å². The van der Waals surface area contributed by atoms with E-state index >= 15 is 0 Å². The van der Waals surface area contributed by atoms with Gasteiger partial charge in [0.15, 0.2) is 5.78 Å². The van der Waals surface area contributed by atoms with E-state index in [1.54, 1.807) is 13.8 Å². The lowest BCUT2D eigenvalue weighted by molar-refractivity contribution is 0.0984. The van der Waals surface area contributed by atoms with E-state index in [9.17, 15) is 9.18 Å². The number of halogens is 2. The molecule has 0 fully saturated rings. The van der Waals surface area contributed by atoms with Crippen LogP contribution in [0.25, 0.3) is 0 Å². The van der Waals surface area contributed by atoms with E-state index in [1.165, 1.54) is 12.1 Å². The molecule has 3 heteroatoms. The van der Waals surface area contributed by atoms with Gasteiger partial charge >= 0.3 is 0 Å². The molecule has 0 aromatic heterocycles. The van der Waals surface area contributed by atoms with Crippen LogP contribution in [0.2, 0.25) is 5.02 Å². The minimum absolute atomic E-state index is 0.129. The lowest BCUT2D eigenvalue weighted by atomic mass is 10.1. The number of benzene rings is 1. The second kappa shape index (κ2) is 3.88. The average Bonchev–Trinajstić information content (AvgIpc) is 2.10. The molecule has 0 aliphatic carbocycles. The molecular formula is C10H10ClFO. The first-order chi connectivity index (χ1) is 6.06. The third-order valence-corrected chi connectivity index (χ3v) is 2.28. The summed E-state index contributed by atoms with van der Waals surface area (Å²) < 4.78 is 13.2. The Morgan fingerprint density at radius 2 is 2.15 bits per heavy atom. The second-order valence-electron chi connectivity index (χ2n) is 2.86. The van der Waals surface area contributed by atoms with Gasteiger partial charge in [-0.25, -0.2) is 4.39 Å². The van der Waals surface area contributed by atoms with Gasteiger partial charge in [-0.2, -0.15) is 0 Å². The van der Waals surface area contributed by atoms with E-state index in [1.807, 2.05) is 0 Å². The number of hydrogen-bond acceptors (Lipinski definition) is 1. The van der Waals surface area contributed by atoms with Gasteiger partial charge in [0.25, 0.3) is 0 Å². The van der Waals surface area contributed by atoms with Crippen LogP contribution in [0.4, 0.5) is 4.39 Å². The zero-order chi connectivity index (χ0) is 10.0. The molecule has 0 saturated heterocycles. The number of Topliss-reactive ketones (excluding diaryl/α,β-unsaturated/α-hetero) is 1. The van der Waals surface area contributed by atoms with Crippen molar-refractivity contribution in [3.63, 3.8) is 0 Å². The molecule has 0 bridgehead atoms. The maximum atomic E-state index is 13.2. The summed E-state index contributed by atoms with van der Waals surface area (Å²) in [5.74, 6) is -0.736. The molecule has 1 rings (SSSR count). The fourth-order valence-corrected chi connectivity index (χ4v) is 1.21. The van der Waals surface area contributed by atoms with Gasteiger partial charge in [-0.1, -0.05) is 18.5 Å². The highest BCUT2D eigenvalue weighted by atomic mass is 35.5. The zero-order valence-electron chi connectivity index (χ0n) is 7.53. The Morgan fingerprint density at radius 1 is 1.54 bits per heavy atom. The van der Waals surface area contributed by atoms with Crippen LogP contribution in [0, 0.1) is 12.7 Å². The number of aryl methyl sites for hydroxylation is 1. The smallest absolute Gasteiger partial charge is 0.165 e. The Morgan fingerprint density at radius 3 is 2.69 bits per heavy atom. The molecule has 1 aromatic carbocycles. The summed E-state index contributed by atoms with van der Waals surface area (Å²) in [7, 11) is 0. The van der Waals surface area contributed by atoms with Crippen molar-refractivity contribution in [2.45, 2.75) is 20.3 Å². The molecule has 0 heterocycles. The Bertz CT molecular complexity index is 347. The fourth-order valence-electron chi connectivity index (χ4n) is 1.06. The van der Waals surface area contributed by atoms with Gasteiger partial charge in [0.05, 0.1) is 5.56 Å². The molecule has 0 N–H and O–H groups in total. The number of rotatable bonds is 2. The maximum absolute atomic E-state index is 13.2.